The van der Waals surface area contributed by atoms with Crippen molar-refractivity contribution in [3.63, 3.8) is 0 Å². The van der Waals surface area contributed by atoms with Crippen LogP contribution in [0.1, 0.15) is 23.8 Å². The van der Waals surface area contributed by atoms with Gasteiger partial charge in [0.2, 0.25) is 0 Å². The van der Waals surface area contributed by atoms with Crippen molar-refractivity contribution in [3.8, 4) is 0 Å². The standard InChI is InChI=1S/C14H24N4O3/c1-4-12(18(2)3)13(19)10-21-8-7-17-14(20)11-9-15-5-6-16-11/h5-6,9,12-13,19H,4,7-8,10H2,1-3H3,(H,17,20). The number of likely N-dealkylation sites (N-methyl/N-ethyl adjacent to an activating group) is 1. The summed E-state index contributed by atoms with van der Waals surface area (Å²) in [5.41, 5.74) is 0.274. The maximum Gasteiger partial charge on any atom is 0.271 e. The second kappa shape index (κ2) is 9.38. The summed E-state index contributed by atoms with van der Waals surface area (Å²) >= 11 is 0. The zero-order chi connectivity index (χ0) is 15.7. The molecule has 2 atom stereocenters. The fraction of sp³-hybridized carbons (Fsp3) is 0.643. The fourth-order valence-corrected chi connectivity index (χ4v) is 2.04. The van der Waals surface area contributed by atoms with E-state index in [-0.39, 0.29) is 24.2 Å². The van der Waals surface area contributed by atoms with Crippen LogP contribution < -0.4 is 5.32 Å². The molecular weight excluding hydrogens is 272 g/mol. The van der Waals surface area contributed by atoms with Gasteiger partial charge in [0.15, 0.2) is 0 Å². The molecular formula is C14H24N4O3. The molecule has 0 spiro atoms. The monoisotopic (exact) mass is 296 g/mol. The molecule has 118 valence electrons. The van der Waals surface area contributed by atoms with Gasteiger partial charge in [-0.05, 0) is 20.5 Å². The molecule has 1 amide bonds. The second-order valence-electron chi connectivity index (χ2n) is 4.93. The van der Waals surface area contributed by atoms with Crippen molar-refractivity contribution in [1.82, 2.24) is 20.2 Å². The average Bonchev–Trinajstić information content (AvgIpc) is 2.48. The third kappa shape index (κ3) is 6.16. The van der Waals surface area contributed by atoms with Crippen LogP contribution in [0.5, 0.6) is 0 Å². The van der Waals surface area contributed by atoms with Gasteiger partial charge in [0, 0.05) is 25.0 Å². The van der Waals surface area contributed by atoms with E-state index in [0.29, 0.717) is 13.2 Å². The van der Waals surface area contributed by atoms with Gasteiger partial charge in [-0.3, -0.25) is 9.78 Å². The number of carbonyl (C=O) groups excluding carboxylic acids is 1. The molecule has 0 fully saturated rings. The Morgan fingerprint density at radius 3 is 2.81 bits per heavy atom. The van der Waals surface area contributed by atoms with Crippen LogP contribution in [0.3, 0.4) is 0 Å². The summed E-state index contributed by atoms with van der Waals surface area (Å²) in [7, 11) is 3.86. The zero-order valence-electron chi connectivity index (χ0n) is 12.8. The lowest BCUT2D eigenvalue weighted by molar-refractivity contribution is -0.00615. The number of ether oxygens (including phenoxy) is 1. The van der Waals surface area contributed by atoms with Crippen molar-refractivity contribution in [1.29, 1.82) is 0 Å². The van der Waals surface area contributed by atoms with Gasteiger partial charge in [-0.2, -0.15) is 0 Å². The van der Waals surface area contributed by atoms with Crippen molar-refractivity contribution < 1.29 is 14.6 Å². The van der Waals surface area contributed by atoms with Crippen LogP contribution in [0.2, 0.25) is 0 Å². The van der Waals surface area contributed by atoms with Crippen LogP contribution in [0.15, 0.2) is 18.6 Å². The van der Waals surface area contributed by atoms with Gasteiger partial charge in [-0.1, -0.05) is 6.92 Å². The first kappa shape index (κ1) is 17.5. The number of nitrogens with one attached hydrogen (secondary N) is 1. The molecule has 0 aliphatic rings. The van der Waals surface area contributed by atoms with Gasteiger partial charge in [-0.25, -0.2) is 4.98 Å². The Morgan fingerprint density at radius 2 is 2.24 bits per heavy atom. The lowest BCUT2D eigenvalue weighted by Gasteiger charge is -2.27. The molecule has 1 rings (SSSR count). The number of amides is 1. The maximum absolute atomic E-state index is 11.7. The van der Waals surface area contributed by atoms with Crippen molar-refractivity contribution in [2.24, 2.45) is 0 Å². The molecule has 2 N–H and O–H groups in total. The van der Waals surface area contributed by atoms with Crippen molar-refractivity contribution >= 4 is 5.91 Å². The molecule has 7 heteroatoms. The molecule has 0 saturated heterocycles. The normalized spacial score (nSPS) is 14.0. The minimum absolute atomic E-state index is 0.0687. The topological polar surface area (TPSA) is 87.6 Å². The molecule has 2 unspecified atom stereocenters. The number of rotatable bonds is 9. The minimum Gasteiger partial charge on any atom is -0.389 e. The van der Waals surface area contributed by atoms with Crippen molar-refractivity contribution in [3.05, 3.63) is 24.3 Å². The number of aromatic nitrogens is 2. The fourth-order valence-electron chi connectivity index (χ4n) is 2.04. The summed E-state index contributed by atoms with van der Waals surface area (Å²) in [6, 6.07) is 0.0687. The number of hydrogen-bond acceptors (Lipinski definition) is 6. The van der Waals surface area contributed by atoms with Crippen LogP contribution >= 0.6 is 0 Å². The van der Waals surface area contributed by atoms with E-state index in [1.54, 1.807) is 0 Å². The Kier molecular flexibility index (Phi) is 7.81. The molecule has 0 radical (unpaired) electrons. The maximum atomic E-state index is 11.7. The van der Waals surface area contributed by atoms with Crippen LogP contribution in [-0.2, 0) is 4.74 Å². The predicted molar refractivity (Wildman–Crippen MR) is 79.0 cm³/mol. The molecule has 0 aliphatic heterocycles. The van der Waals surface area contributed by atoms with E-state index < -0.39 is 6.10 Å². The van der Waals surface area contributed by atoms with E-state index in [0.717, 1.165) is 6.42 Å². The highest BCUT2D eigenvalue weighted by Crippen LogP contribution is 2.05. The molecule has 7 nitrogen and oxygen atoms in total. The van der Waals surface area contributed by atoms with Gasteiger partial charge in [-0.15, -0.1) is 0 Å². The SMILES string of the molecule is CCC(C(O)COCCNC(=O)c1cnccn1)N(C)C. The smallest absolute Gasteiger partial charge is 0.271 e. The molecule has 0 bridgehead atoms. The highest BCUT2D eigenvalue weighted by Gasteiger charge is 2.19. The number of aliphatic hydroxyl groups excluding tert-OH is 1. The van der Waals surface area contributed by atoms with Crippen LogP contribution in [0.4, 0.5) is 0 Å². The summed E-state index contributed by atoms with van der Waals surface area (Å²) < 4.78 is 5.39. The van der Waals surface area contributed by atoms with Crippen molar-refractivity contribution in [2.75, 3.05) is 33.9 Å². The predicted octanol–water partition coefficient (Wildman–Crippen LogP) is -0.0759. The highest BCUT2D eigenvalue weighted by atomic mass is 16.5. The molecule has 1 aromatic rings. The second-order valence-corrected chi connectivity index (χ2v) is 4.93. The summed E-state index contributed by atoms with van der Waals surface area (Å²) in [6.07, 6.45) is 4.69. The number of nitrogens with zero attached hydrogens (tertiary/aromatic N) is 3. The summed E-state index contributed by atoms with van der Waals surface area (Å²) in [6.45, 7) is 2.97. The van der Waals surface area contributed by atoms with Gasteiger partial charge in [0.25, 0.3) is 5.91 Å². The van der Waals surface area contributed by atoms with Crippen LogP contribution in [-0.4, -0.2) is 71.9 Å². The van der Waals surface area contributed by atoms with Gasteiger partial charge in [0.05, 0.1) is 25.5 Å². The quantitative estimate of drug-likeness (QED) is 0.620. The Labute approximate surface area is 125 Å². The Balaban J connectivity index is 2.18. The number of aliphatic hydroxyl groups is 1. The number of carbonyl (C=O) groups is 1. The molecule has 1 heterocycles. The summed E-state index contributed by atoms with van der Waals surface area (Å²) in [4.78, 5) is 21.4. The van der Waals surface area contributed by atoms with E-state index >= 15 is 0 Å². The first-order valence-corrected chi connectivity index (χ1v) is 7.02. The largest absolute Gasteiger partial charge is 0.389 e. The third-order valence-corrected chi connectivity index (χ3v) is 3.14. The average molecular weight is 296 g/mol. The Morgan fingerprint density at radius 1 is 1.48 bits per heavy atom. The van der Waals surface area contributed by atoms with Crippen LogP contribution in [0, 0.1) is 0 Å². The van der Waals surface area contributed by atoms with Crippen LogP contribution in [0.25, 0.3) is 0 Å². The number of hydrogen-bond donors (Lipinski definition) is 2. The first-order valence-electron chi connectivity index (χ1n) is 7.02. The van der Waals surface area contributed by atoms with E-state index in [4.69, 9.17) is 4.74 Å². The molecule has 21 heavy (non-hydrogen) atoms. The minimum atomic E-state index is -0.541. The van der Waals surface area contributed by atoms with Crippen molar-refractivity contribution in [2.45, 2.75) is 25.5 Å². The van der Waals surface area contributed by atoms with Gasteiger partial charge < -0.3 is 20.1 Å². The zero-order valence-corrected chi connectivity index (χ0v) is 12.8. The van der Waals surface area contributed by atoms with E-state index in [1.165, 1.54) is 18.6 Å². The molecule has 1 aromatic heterocycles. The Hall–Kier alpha value is -1.57. The third-order valence-electron chi connectivity index (χ3n) is 3.14. The summed E-state index contributed by atoms with van der Waals surface area (Å²) in [5, 5.41) is 12.7. The highest BCUT2D eigenvalue weighted by molar-refractivity contribution is 5.91. The van der Waals surface area contributed by atoms with E-state index in [1.807, 2.05) is 25.9 Å². The molecule has 0 aliphatic carbocycles. The lowest BCUT2D eigenvalue weighted by Crippen LogP contribution is -2.41. The molecule has 0 saturated carbocycles. The van der Waals surface area contributed by atoms with E-state index in [9.17, 15) is 9.90 Å². The van der Waals surface area contributed by atoms with Gasteiger partial charge in [0.1, 0.15) is 5.69 Å². The first-order chi connectivity index (χ1) is 10.1. The van der Waals surface area contributed by atoms with Gasteiger partial charge >= 0.3 is 0 Å². The van der Waals surface area contributed by atoms with E-state index in [2.05, 4.69) is 15.3 Å². The lowest BCUT2D eigenvalue weighted by atomic mass is 10.1. The molecule has 0 aromatic carbocycles. The summed E-state index contributed by atoms with van der Waals surface area (Å²) in [5.74, 6) is -0.285. The Bertz CT molecular complexity index is 414.